The number of para-hydroxylation sites is 1. The zero-order valence-electron chi connectivity index (χ0n) is 23.5. The number of aryl methyl sites for hydroxylation is 2. The Labute approximate surface area is 250 Å². The van der Waals surface area contributed by atoms with Crippen LogP contribution in [-0.4, -0.2) is 25.7 Å². The predicted octanol–water partition coefficient (Wildman–Crippen LogP) is 7.47. The number of aromatic nitrogens is 2. The summed E-state index contributed by atoms with van der Waals surface area (Å²) in [6.45, 7) is 6.06. The third-order valence-electron chi connectivity index (χ3n) is 7.63. The van der Waals surface area contributed by atoms with E-state index < -0.39 is 5.97 Å². The van der Waals surface area contributed by atoms with Gasteiger partial charge in [0.15, 0.2) is 5.11 Å². The van der Waals surface area contributed by atoms with Crippen LogP contribution >= 0.6 is 12.2 Å². The minimum atomic E-state index is -0.968. The molecule has 2 N–H and O–H groups in total. The largest absolute Gasteiger partial charge is 0.478 e. The Bertz CT molecular complexity index is 1770. The third kappa shape index (κ3) is 5.01. The van der Waals surface area contributed by atoms with Gasteiger partial charge in [-0.2, -0.15) is 0 Å². The van der Waals surface area contributed by atoms with Gasteiger partial charge in [0, 0.05) is 23.3 Å². The van der Waals surface area contributed by atoms with Crippen molar-refractivity contribution in [2.24, 2.45) is 0 Å². The Kier molecular flexibility index (Phi) is 7.22. The fourth-order valence-electron chi connectivity index (χ4n) is 5.67. The summed E-state index contributed by atoms with van der Waals surface area (Å²) in [5.41, 5.74) is 6.69. The maximum atomic E-state index is 12.1. The molecule has 1 aliphatic rings. The quantitative estimate of drug-likeness (QED) is 0.195. The molecule has 1 saturated heterocycles. The molecule has 8 heteroatoms. The topological polar surface area (TPSA) is 79.6 Å². The van der Waals surface area contributed by atoms with E-state index in [4.69, 9.17) is 17.0 Å². The maximum absolute atomic E-state index is 12.1. The first-order chi connectivity index (χ1) is 20.3. The average Bonchev–Trinajstić information content (AvgIpc) is 3.49. The summed E-state index contributed by atoms with van der Waals surface area (Å²) in [4.78, 5) is 18.9. The van der Waals surface area contributed by atoms with Crippen molar-refractivity contribution < 1.29 is 14.6 Å². The van der Waals surface area contributed by atoms with E-state index in [0.717, 1.165) is 39.8 Å². The standard InChI is InChI=1S/C34H30N4O3S/c1-21-11-15-25(16-12-21)41-26-17-13-24(14-18-26)38-32(31(36-34(38)42)29-9-6-7-19-35-29)28-20-22(2)37(23(28)3)30-10-5-4-8-27(30)33(39)40/h4-20,31-32H,1-3H3,(H,36,42)(H,39,40)/t31-,32-/m0/s1. The molecule has 0 aliphatic carbocycles. The SMILES string of the molecule is Cc1ccc(Oc2ccc(N3C(=S)N[C@@H](c4ccccn4)[C@@H]3c3cc(C)n(-c4ccccc4C(=O)O)c3C)cc2)cc1. The van der Waals surface area contributed by atoms with Gasteiger partial charge in [-0.3, -0.25) is 4.98 Å². The zero-order valence-corrected chi connectivity index (χ0v) is 24.3. The molecule has 7 nitrogen and oxygen atoms in total. The second-order valence-corrected chi connectivity index (χ2v) is 10.8. The Hall–Kier alpha value is -4.95. The normalized spacial score (nSPS) is 16.4. The fourth-order valence-corrected chi connectivity index (χ4v) is 6.02. The van der Waals surface area contributed by atoms with E-state index in [1.54, 1.807) is 18.3 Å². The monoisotopic (exact) mass is 574 g/mol. The summed E-state index contributed by atoms with van der Waals surface area (Å²) in [6, 6.07) is 30.4. The number of hydrogen-bond acceptors (Lipinski definition) is 4. The summed E-state index contributed by atoms with van der Waals surface area (Å²) in [5, 5.41) is 14.0. The molecule has 42 heavy (non-hydrogen) atoms. The van der Waals surface area contributed by atoms with E-state index >= 15 is 0 Å². The van der Waals surface area contributed by atoms with Crippen LogP contribution in [0.3, 0.4) is 0 Å². The van der Waals surface area contributed by atoms with Gasteiger partial charge in [-0.1, -0.05) is 35.9 Å². The molecule has 3 heterocycles. The number of hydrogen-bond donors (Lipinski definition) is 2. The molecule has 0 bridgehead atoms. The van der Waals surface area contributed by atoms with Crippen LogP contribution in [0.5, 0.6) is 11.5 Å². The van der Waals surface area contributed by atoms with Crippen molar-refractivity contribution in [1.29, 1.82) is 0 Å². The highest BCUT2D eigenvalue weighted by molar-refractivity contribution is 7.80. The molecule has 3 aromatic carbocycles. The molecular formula is C34H30N4O3S. The molecule has 0 radical (unpaired) electrons. The van der Waals surface area contributed by atoms with E-state index in [1.165, 1.54) is 5.56 Å². The molecule has 5 aromatic rings. The van der Waals surface area contributed by atoms with Crippen molar-refractivity contribution in [2.75, 3.05) is 4.90 Å². The Morgan fingerprint density at radius 2 is 1.57 bits per heavy atom. The van der Waals surface area contributed by atoms with Gasteiger partial charge in [-0.25, -0.2) is 4.79 Å². The zero-order chi connectivity index (χ0) is 29.4. The molecule has 2 aromatic heterocycles. The van der Waals surface area contributed by atoms with E-state index in [0.29, 0.717) is 10.8 Å². The summed E-state index contributed by atoms with van der Waals surface area (Å²) in [5.74, 6) is 0.528. The molecule has 0 spiro atoms. The Morgan fingerprint density at radius 3 is 2.24 bits per heavy atom. The predicted molar refractivity (Wildman–Crippen MR) is 168 cm³/mol. The van der Waals surface area contributed by atoms with Crippen molar-refractivity contribution >= 4 is 29.0 Å². The van der Waals surface area contributed by atoms with Crippen LogP contribution in [0.1, 0.15) is 50.7 Å². The number of ether oxygens (including phenoxy) is 1. The van der Waals surface area contributed by atoms with Crippen LogP contribution in [0.25, 0.3) is 5.69 Å². The molecule has 1 fully saturated rings. The number of carbonyl (C=O) groups is 1. The summed E-state index contributed by atoms with van der Waals surface area (Å²) in [7, 11) is 0. The lowest BCUT2D eigenvalue weighted by Gasteiger charge is -2.28. The number of carboxylic acid groups (broad SMARTS) is 1. The van der Waals surface area contributed by atoms with Crippen LogP contribution in [-0.2, 0) is 0 Å². The number of carboxylic acids is 1. The maximum Gasteiger partial charge on any atom is 0.337 e. The first kappa shape index (κ1) is 27.2. The number of nitrogens with one attached hydrogen (secondary N) is 1. The second kappa shape index (κ2) is 11.1. The summed E-state index contributed by atoms with van der Waals surface area (Å²) >= 11 is 5.93. The van der Waals surface area contributed by atoms with Gasteiger partial charge in [0.25, 0.3) is 0 Å². The van der Waals surface area contributed by atoms with E-state index in [-0.39, 0.29) is 17.6 Å². The van der Waals surface area contributed by atoms with Crippen molar-refractivity contribution in [2.45, 2.75) is 32.9 Å². The van der Waals surface area contributed by atoms with Gasteiger partial charge in [-0.15, -0.1) is 0 Å². The van der Waals surface area contributed by atoms with Crippen LogP contribution < -0.4 is 15.0 Å². The highest BCUT2D eigenvalue weighted by atomic mass is 32.1. The minimum absolute atomic E-state index is 0.231. The van der Waals surface area contributed by atoms with Crippen molar-refractivity contribution in [3.05, 3.63) is 137 Å². The van der Waals surface area contributed by atoms with E-state index in [1.807, 2.05) is 104 Å². The smallest absolute Gasteiger partial charge is 0.337 e. The lowest BCUT2D eigenvalue weighted by atomic mass is 9.96. The molecule has 1 aliphatic heterocycles. The number of aromatic carboxylic acids is 1. The van der Waals surface area contributed by atoms with Gasteiger partial charge in [0.05, 0.1) is 29.0 Å². The Morgan fingerprint density at radius 1 is 0.905 bits per heavy atom. The summed E-state index contributed by atoms with van der Waals surface area (Å²) in [6.07, 6.45) is 1.78. The molecule has 6 rings (SSSR count). The van der Waals surface area contributed by atoms with Crippen LogP contribution in [0, 0.1) is 20.8 Å². The van der Waals surface area contributed by atoms with Crippen LogP contribution in [0.15, 0.2) is 103 Å². The molecule has 0 saturated carbocycles. The number of rotatable bonds is 7. The second-order valence-electron chi connectivity index (χ2n) is 10.4. The van der Waals surface area contributed by atoms with Crippen LogP contribution in [0.2, 0.25) is 0 Å². The van der Waals surface area contributed by atoms with Crippen molar-refractivity contribution in [3.8, 4) is 17.2 Å². The van der Waals surface area contributed by atoms with Crippen molar-refractivity contribution in [3.63, 3.8) is 0 Å². The van der Waals surface area contributed by atoms with Gasteiger partial charge in [0.1, 0.15) is 11.5 Å². The first-order valence-corrected chi connectivity index (χ1v) is 14.1. The number of anilines is 1. The highest BCUT2D eigenvalue weighted by Gasteiger charge is 2.42. The lowest BCUT2D eigenvalue weighted by Crippen LogP contribution is -2.29. The van der Waals surface area contributed by atoms with Crippen molar-refractivity contribution in [1.82, 2.24) is 14.9 Å². The third-order valence-corrected chi connectivity index (χ3v) is 7.95. The van der Waals surface area contributed by atoms with Crippen LogP contribution in [0.4, 0.5) is 5.69 Å². The van der Waals surface area contributed by atoms with Gasteiger partial charge < -0.3 is 24.6 Å². The lowest BCUT2D eigenvalue weighted by molar-refractivity contribution is 0.0697. The number of nitrogens with zero attached hydrogens (tertiary/aromatic N) is 3. The fraction of sp³-hybridized carbons (Fsp3) is 0.147. The minimum Gasteiger partial charge on any atom is -0.478 e. The first-order valence-electron chi connectivity index (χ1n) is 13.7. The molecule has 2 atom stereocenters. The molecule has 0 amide bonds. The van der Waals surface area contributed by atoms with Gasteiger partial charge in [0.2, 0.25) is 0 Å². The molecular weight excluding hydrogens is 544 g/mol. The number of thiocarbonyl (C=S) groups is 1. The van der Waals surface area contributed by atoms with Gasteiger partial charge >= 0.3 is 5.97 Å². The van der Waals surface area contributed by atoms with Gasteiger partial charge in [-0.05, 0) is 105 Å². The summed E-state index contributed by atoms with van der Waals surface area (Å²) < 4.78 is 8.08. The highest BCUT2D eigenvalue weighted by Crippen LogP contribution is 2.44. The molecule has 210 valence electrons. The van der Waals surface area contributed by atoms with E-state index in [9.17, 15) is 9.90 Å². The number of pyridine rings is 1. The Balaban J connectivity index is 1.43. The molecule has 0 unspecified atom stereocenters. The average molecular weight is 575 g/mol. The van der Waals surface area contributed by atoms with E-state index in [2.05, 4.69) is 21.3 Å². The number of benzene rings is 3.